The highest BCUT2D eigenvalue weighted by atomic mass is 15.0. The van der Waals surface area contributed by atoms with Crippen LogP contribution in [0.25, 0.3) is 0 Å². The van der Waals surface area contributed by atoms with Gasteiger partial charge in [-0.1, -0.05) is 6.92 Å². The third-order valence-electron chi connectivity index (χ3n) is 2.31. The van der Waals surface area contributed by atoms with Crippen molar-refractivity contribution in [2.75, 3.05) is 19.6 Å². The molecule has 10 heavy (non-hydrogen) atoms. The fourth-order valence-corrected chi connectivity index (χ4v) is 1.58. The van der Waals surface area contributed by atoms with Gasteiger partial charge in [-0.05, 0) is 39.4 Å². The van der Waals surface area contributed by atoms with Crippen LogP contribution in [0.1, 0.15) is 26.7 Å². The largest absolute Gasteiger partial charge is 0.317 e. The molecule has 1 aliphatic rings. The molecule has 0 amide bonds. The quantitative estimate of drug-likeness (QED) is 0.594. The Morgan fingerprint density at radius 2 is 2.00 bits per heavy atom. The van der Waals surface area contributed by atoms with Crippen molar-refractivity contribution in [3.63, 3.8) is 0 Å². The van der Waals surface area contributed by atoms with Crippen LogP contribution in [0.4, 0.5) is 0 Å². The van der Waals surface area contributed by atoms with E-state index in [0.717, 1.165) is 6.54 Å². The maximum absolute atomic E-state index is 3.52. The molecule has 60 valence electrons. The van der Waals surface area contributed by atoms with Gasteiger partial charge in [0, 0.05) is 5.54 Å². The van der Waals surface area contributed by atoms with Crippen LogP contribution in [-0.2, 0) is 0 Å². The van der Waals surface area contributed by atoms with Crippen LogP contribution in [0, 0.1) is 0 Å². The predicted octanol–water partition coefficient (Wildman–Crippen LogP) is 0.738. The lowest BCUT2D eigenvalue weighted by atomic mass is 9.91. The first kappa shape index (κ1) is 8.02. The molecule has 0 bridgehead atoms. The summed E-state index contributed by atoms with van der Waals surface area (Å²) in [4.78, 5) is 0. The summed E-state index contributed by atoms with van der Waals surface area (Å²) in [6.45, 7) is 7.92. The molecule has 1 fully saturated rings. The molecular formula is C8H18N2. The molecule has 0 radical (unpaired) electrons. The Labute approximate surface area is 63.4 Å². The lowest BCUT2D eigenvalue weighted by Gasteiger charge is -2.34. The van der Waals surface area contributed by atoms with E-state index in [9.17, 15) is 0 Å². The molecule has 0 spiro atoms. The fourth-order valence-electron chi connectivity index (χ4n) is 1.58. The SMILES string of the molecule is CCNC1(C)CCNCC1. The predicted molar refractivity (Wildman–Crippen MR) is 44.2 cm³/mol. The summed E-state index contributed by atoms with van der Waals surface area (Å²) in [5.41, 5.74) is 0.417. The molecule has 0 atom stereocenters. The van der Waals surface area contributed by atoms with Gasteiger partial charge >= 0.3 is 0 Å². The van der Waals surface area contributed by atoms with Crippen LogP contribution in [-0.4, -0.2) is 25.2 Å². The molecule has 0 aliphatic carbocycles. The van der Waals surface area contributed by atoms with Crippen molar-refractivity contribution in [2.24, 2.45) is 0 Å². The van der Waals surface area contributed by atoms with Gasteiger partial charge in [0.25, 0.3) is 0 Å². The zero-order valence-corrected chi connectivity index (χ0v) is 7.04. The van der Waals surface area contributed by atoms with Gasteiger partial charge in [0.05, 0.1) is 0 Å². The van der Waals surface area contributed by atoms with Crippen LogP contribution in [0.3, 0.4) is 0 Å². The molecule has 0 unspecified atom stereocenters. The van der Waals surface area contributed by atoms with Crippen LogP contribution in [0.15, 0.2) is 0 Å². The summed E-state index contributed by atoms with van der Waals surface area (Å²) >= 11 is 0. The van der Waals surface area contributed by atoms with Crippen LogP contribution >= 0.6 is 0 Å². The minimum atomic E-state index is 0.417. The highest BCUT2D eigenvalue weighted by Crippen LogP contribution is 2.16. The van der Waals surface area contributed by atoms with Gasteiger partial charge < -0.3 is 10.6 Å². The van der Waals surface area contributed by atoms with Crippen molar-refractivity contribution < 1.29 is 0 Å². The third kappa shape index (κ3) is 1.96. The average molecular weight is 142 g/mol. The van der Waals surface area contributed by atoms with Crippen LogP contribution in [0.5, 0.6) is 0 Å². The van der Waals surface area contributed by atoms with Crippen molar-refractivity contribution in [3.8, 4) is 0 Å². The molecular weight excluding hydrogens is 124 g/mol. The molecule has 2 N–H and O–H groups in total. The zero-order valence-electron chi connectivity index (χ0n) is 7.04. The van der Waals surface area contributed by atoms with E-state index in [0.29, 0.717) is 5.54 Å². The molecule has 1 saturated heterocycles. The molecule has 2 nitrogen and oxygen atoms in total. The maximum atomic E-state index is 3.52. The Bertz CT molecular complexity index is 89.9. The second-order valence-corrected chi connectivity index (χ2v) is 3.34. The maximum Gasteiger partial charge on any atom is 0.0177 e. The van der Waals surface area contributed by atoms with Crippen molar-refractivity contribution >= 4 is 0 Å². The van der Waals surface area contributed by atoms with Gasteiger partial charge in [0.15, 0.2) is 0 Å². The summed E-state index contributed by atoms with van der Waals surface area (Å²) in [5.74, 6) is 0. The Balaban J connectivity index is 2.32. The van der Waals surface area contributed by atoms with Gasteiger partial charge in [-0.3, -0.25) is 0 Å². The number of nitrogens with one attached hydrogen (secondary N) is 2. The first-order chi connectivity index (χ1) is 4.77. The first-order valence-electron chi connectivity index (χ1n) is 4.22. The number of hydrogen-bond acceptors (Lipinski definition) is 2. The summed E-state index contributed by atoms with van der Waals surface area (Å²) in [5, 5.41) is 6.88. The second kappa shape index (κ2) is 3.35. The minimum Gasteiger partial charge on any atom is -0.317 e. The Kier molecular flexibility index (Phi) is 2.69. The molecule has 0 aromatic rings. The van der Waals surface area contributed by atoms with E-state index >= 15 is 0 Å². The number of hydrogen-bond donors (Lipinski definition) is 2. The lowest BCUT2D eigenvalue weighted by Crippen LogP contribution is -2.49. The standard InChI is InChI=1S/C8H18N2/c1-3-10-8(2)4-6-9-7-5-8/h9-10H,3-7H2,1-2H3. The van der Waals surface area contributed by atoms with E-state index in [1.54, 1.807) is 0 Å². The molecule has 1 heterocycles. The lowest BCUT2D eigenvalue weighted by molar-refractivity contribution is 0.272. The van der Waals surface area contributed by atoms with E-state index in [-0.39, 0.29) is 0 Å². The highest BCUT2D eigenvalue weighted by molar-refractivity contribution is 4.87. The molecule has 0 aromatic heterocycles. The number of piperidine rings is 1. The van der Waals surface area contributed by atoms with Gasteiger partial charge in [-0.25, -0.2) is 0 Å². The fraction of sp³-hybridized carbons (Fsp3) is 1.00. The summed E-state index contributed by atoms with van der Waals surface area (Å²) < 4.78 is 0. The van der Waals surface area contributed by atoms with Crippen LogP contribution in [0.2, 0.25) is 0 Å². The smallest absolute Gasteiger partial charge is 0.0177 e. The Morgan fingerprint density at radius 3 is 2.50 bits per heavy atom. The van der Waals surface area contributed by atoms with E-state index in [1.165, 1.54) is 25.9 Å². The molecule has 2 heteroatoms. The van der Waals surface area contributed by atoms with E-state index in [1.807, 2.05) is 0 Å². The van der Waals surface area contributed by atoms with Gasteiger partial charge in [-0.2, -0.15) is 0 Å². The highest BCUT2D eigenvalue weighted by Gasteiger charge is 2.24. The topological polar surface area (TPSA) is 24.1 Å². The van der Waals surface area contributed by atoms with Gasteiger partial charge in [0.1, 0.15) is 0 Å². The number of rotatable bonds is 2. The van der Waals surface area contributed by atoms with E-state index < -0.39 is 0 Å². The van der Waals surface area contributed by atoms with Crippen LogP contribution < -0.4 is 10.6 Å². The van der Waals surface area contributed by atoms with Gasteiger partial charge in [-0.15, -0.1) is 0 Å². The third-order valence-corrected chi connectivity index (χ3v) is 2.31. The van der Waals surface area contributed by atoms with Crippen molar-refractivity contribution in [2.45, 2.75) is 32.2 Å². The Morgan fingerprint density at radius 1 is 1.40 bits per heavy atom. The van der Waals surface area contributed by atoms with E-state index in [2.05, 4.69) is 24.5 Å². The first-order valence-corrected chi connectivity index (χ1v) is 4.22. The normalized spacial score (nSPS) is 24.6. The van der Waals surface area contributed by atoms with Gasteiger partial charge in [0.2, 0.25) is 0 Å². The second-order valence-electron chi connectivity index (χ2n) is 3.34. The van der Waals surface area contributed by atoms with E-state index in [4.69, 9.17) is 0 Å². The average Bonchev–Trinajstić information content (AvgIpc) is 1.89. The Hall–Kier alpha value is -0.0800. The summed E-state index contributed by atoms with van der Waals surface area (Å²) in [6.07, 6.45) is 2.53. The molecule has 0 saturated carbocycles. The molecule has 1 aliphatic heterocycles. The summed E-state index contributed by atoms with van der Waals surface area (Å²) in [7, 11) is 0. The zero-order chi connectivity index (χ0) is 7.45. The van der Waals surface area contributed by atoms with Crippen molar-refractivity contribution in [3.05, 3.63) is 0 Å². The minimum absolute atomic E-state index is 0.417. The van der Waals surface area contributed by atoms with Crippen molar-refractivity contribution in [1.29, 1.82) is 0 Å². The monoisotopic (exact) mass is 142 g/mol. The molecule has 1 rings (SSSR count). The van der Waals surface area contributed by atoms with Crippen molar-refractivity contribution in [1.82, 2.24) is 10.6 Å². The molecule has 0 aromatic carbocycles. The summed E-state index contributed by atoms with van der Waals surface area (Å²) in [6, 6.07) is 0.